The van der Waals surface area contributed by atoms with Gasteiger partial charge in [-0.1, -0.05) is 5.16 Å². The molecule has 2 rings (SSSR count). The number of amides is 1. The van der Waals surface area contributed by atoms with Gasteiger partial charge in [-0.3, -0.25) is 9.48 Å². The SMILES string of the molecule is Cn1ncc(C(N)=NO)c1NC(=O)C1CCSC1. The molecular weight excluding hydrogens is 254 g/mol. The van der Waals surface area contributed by atoms with Gasteiger partial charge < -0.3 is 16.3 Å². The van der Waals surface area contributed by atoms with E-state index in [1.807, 2.05) is 0 Å². The van der Waals surface area contributed by atoms with Crippen LogP contribution in [0.3, 0.4) is 0 Å². The Kier molecular flexibility index (Phi) is 3.75. The summed E-state index contributed by atoms with van der Waals surface area (Å²) in [5.74, 6) is 2.20. The Morgan fingerprint density at radius 3 is 3.17 bits per heavy atom. The molecule has 1 saturated heterocycles. The number of anilines is 1. The lowest BCUT2D eigenvalue weighted by atomic mass is 10.1. The molecule has 4 N–H and O–H groups in total. The molecule has 1 aliphatic heterocycles. The third kappa shape index (κ3) is 2.42. The van der Waals surface area contributed by atoms with Crippen molar-refractivity contribution in [3.8, 4) is 0 Å². The van der Waals surface area contributed by atoms with Gasteiger partial charge >= 0.3 is 0 Å². The number of carbonyl (C=O) groups is 1. The van der Waals surface area contributed by atoms with E-state index in [1.165, 1.54) is 10.9 Å². The normalized spacial score (nSPS) is 20.1. The molecule has 1 aromatic rings. The molecule has 0 spiro atoms. The molecule has 0 aliphatic carbocycles. The van der Waals surface area contributed by atoms with Crippen molar-refractivity contribution in [2.45, 2.75) is 6.42 Å². The summed E-state index contributed by atoms with van der Waals surface area (Å²) in [5.41, 5.74) is 5.94. The lowest BCUT2D eigenvalue weighted by Crippen LogP contribution is -2.25. The Hall–Kier alpha value is -1.70. The summed E-state index contributed by atoms with van der Waals surface area (Å²) in [5, 5.41) is 18.4. The minimum atomic E-state index is -0.0702. The summed E-state index contributed by atoms with van der Waals surface area (Å²) >= 11 is 1.77. The number of hydrogen-bond acceptors (Lipinski definition) is 5. The van der Waals surface area contributed by atoms with Crippen molar-refractivity contribution in [3.63, 3.8) is 0 Å². The second-order valence-electron chi connectivity index (χ2n) is 4.07. The molecule has 98 valence electrons. The predicted octanol–water partition coefficient (Wildman–Crippen LogP) is 0.206. The number of hydrogen-bond donors (Lipinski definition) is 3. The zero-order chi connectivity index (χ0) is 13.1. The first-order valence-corrected chi connectivity index (χ1v) is 6.67. The molecule has 1 aliphatic rings. The molecule has 1 amide bonds. The number of oxime groups is 1. The highest BCUT2D eigenvalue weighted by Crippen LogP contribution is 2.25. The second-order valence-corrected chi connectivity index (χ2v) is 5.22. The molecule has 0 radical (unpaired) electrons. The number of amidine groups is 1. The molecule has 7 nitrogen and oxygen atoms in total. The van der Waals surface area contributed by atoms with Crippen molar-refractivity contribution in [1.29, 1.82) is 0 Å². The van der Waals surface area contributed by atoms with E-state index < -0.39 is 0 Å². The summed E-state index contributed by atoms with van der Waals surface area (Å²) in [6, 6.07) is 0. The highest BCUT2D eigenvalue weighted by Gasteiger charge is 2.25. The van der Waals surface area contributed by atoms with Crippen LogP contribution in [-0.4, -0.2) is 38.2 Å². The summed E-state index contributed by atoms with van der Waals surface area (Å²) in [4.78, 5) is 12.0. The van der Waals surface area contributed by atoms with Crippen LogP contribution in [-0.2, 0) is 11.8 Å². The van der Waals surface area contributed by atoms with E-state index in [0.717, 1.165) is 17.9 Å². The first-order valence-electron chi connectivity index (χ1n) is 5.52. The van der Waals surface area contributed by atoms with E-state index in [2.05, 4.69) is 15.6 Å². The molecule has 0 bridgehead atoms. The maximum Gasteiger partial charge on any atom is 0.229 e. The largest absolute Gasteiger partial charge is 0.409 e. The molecule has 8 heteroatoms. The highest BCUT2D eigenvalue weighted by molar-refractivity contribution is 7.99. The van der Waals surface area contributed by atoms with Gasteiger partial charge in [0.1, 0.15) is 5.82 Å². The lowest BCUT2D eigenvalue weighted by Gasteiger charge is -2.11. The van der Waals surface area contributed by atoms with Crippen molar-refractivity contribution in [3.05, 3.63) is 11.8 Å². The van der Waals surface area contributed by atoms with Crippen LogP contribution in [0.1, 0.15) is 12.0 Å². The van der Waals surface area contributed by atoms with Crippen LogP contribution in [0.4, 0.5) is 5.82 Å². The molecule has 18 heavy (non-hydrogen) atoms. The first kappa shape index (κ1) is 12.7. The Bertz CT molecular complexity index is 479. The predicted molar refractivity (Wildman–Crippen MR) is 69.8 cm³/mol. The maximum absolute atomic E-state index is 12.0. The van der Waals surface area contributed by atoms with Crippen LogP contribution in [0.25, 0.3) is 0 Å². The number of rotatable bonds is 3. The van der Waals surface area contributed by atoms with Gasteiger partial charge in [0.15, 0.2) is 5.84 Å². The molecule has 0 saturated carbocycles. The minimum Gasteiger partial charge on any atom is -0.409 e. The van der Waals surface area contributed by atoms with E-state index >= 15 is 0 Å². The fourth-order valence-electron chi connectivity index (χ4n) is 1.79. The van der Waals surface area contributed by atoms with Crippen molar-refractivity contribution in [1.82, 2.24) is 9.78 Å². The minimum absolute atomic E-state index is 0.0186. The monoisotopic (exact) mass is 269 g/mol. The van der Waals surface area contributed by atoms with Gasteiger partial charge in [0.25, 0.3) is 0 Å². The van der Waals surface area contributed by atoms with Gasteiger partial charge in [0.2, 0.25) is 5.91 Å². The fourth-order valence-corrected chi connectivity index (χ4v) is 3.01. The van der Waals surface area contributed by atoms with Crippen LogP contribution in [0, 0.1) is 5.92 Å². The molecule has 1 fully saturated rings. The van der Waals surface area contributed by atoms with Crippen molar-refractivity contribution in [2.24, 2.45) is 23.9 Å². The Morgan fingerprint density at radius 2 is 2.56 bits per heavy atom. The van der Waals surface area contributed by atoms with E-state index in [9.17, 15) is 4.79 Å². The van der Waals surface area contributed by atoms with E-state index in [1.54, 1.807) is 18.8 Å². The van der Waals surface area contributed by atoms with Gasteiger partial charge in [-0.25, -0.2) is 0 Å². The highest BCUT2D eigenvalue weighted by atomic mass is 32.2. The molecule has 1 unspecified atom stereocenters. The van der Waals surface area contributed by atoms with Crippen molar-refractivity contribution in [2.75, 3.05) is 16.8 Å². The van der Waals surface area contributed by atoms with Gasteiger partial charge in [-0.05, 0) is 12.2 Å². The third-order valence-corrected chi connectivity index (χ3v) is 4.03. The zero-order valence-corrected chi connectivity index (χ0v) is 10.8. The number of nitrogens with one attached hydrogen (secondary N) is 1. The smallest absolute Gasteiger partial charge is 0.229 e. The average Bonchev–Trinajstić information content (AvgIpc) is 2.99. The number of aryl methyl sites for hydroxylation is 1. The van der Waals surface area contributed by atoms with Crippen LogP contribution >= 0.6 is 11.8 Å². The number of aromatic nitrogens is 2. The molecule has 1 atom stereocenters. The third-order valence-electron chi connectivity index (χ3n) is 2.86. The number of nitrogens with two attached hydrogens (primary N) is 1. The number of carbonyl (C=O) groups excluding carboxylic acids is 1. The maximum atomic E-state index is 12.0. The Balaban J connectivity index is 2.17. The average molecular weight is 269 g/mol. The van der Waals surface area contributed by atoms with E-state index in [-0.39, 0.29) is 17.7 Å². The van der Waals surface area contributed by atoms with E-state index in [0.29, 0.717) is 11.4 Å². The van der Waals surface area contributed by atoms with Crippen LogP contribution in [0.5, 0.6) is 0 Å². The molecular formula is C10H15N5O2S. The van der Waals surface area contributed by atoms with Gasteiger partial charge in [-0.2, -0.15) is 16.9 Å². The van der Waals surface area contributed by atoms with Crippen molar-refractivity contribution < 1.29 is 10.0 Å². The quantitative estimate of drug-likeness (QED) is 0.315. The standard InChI is InChI=1S/C10H15N5O2S/c1-15-9(7(4-12-15)8(11)14-17)13-10(16)6-2-3-18-5-6/h4,6,17H,2-3,5H2,1H3,(H2,11,14)(H,13,16). The fraction of sp³-hybridized carbons (Fsp3) is 0.500. The molecule has 2 heterocycles. The van der Waals surface area contributed by atoms with Gasteiger partial charge in [0.05, 0.1) is 11.8 Å². The second kappa shape index (κ2) is 5.30. The van der Waals surface area contributed by atoms with Gasteiger partial charge in [0, 0.05) is 18.7 Å². The van der Waals surface area contributed by atoms with Gasteiger partial charge in [-0.15, -0.1) is 0 Å². The van der Waals surface area contributed by atoms with E-state index in [4.69, 9.17) is 10.9 Å². The topological polar surface area (TPSA) is 106 Å². The number of thioether (sulfide) groups is 1. The van der Waals surface area contributed by atoms with Crippen molar-refractivity contribution >= 4 is 29.3 Å². The molecule has 1 aromatic heterocycles. The van der Waals surface area contributed by atoms with Crippen LogP contribution in [0.15, 0.2) is 11.4 Å². The molecule has 0 aromatic carbocycles. The summed E-state index contributed by atoms with van der Waals surface area (Å²) in [6.07, 6.45) is 2.33. The summed E-state index contributed by atoms with van der Waals surface area (Å²) < 4.78 is 1.49. The first-order chi connectivity index (χ1) is 8.63. The number of nitrogens with zero attached hydrogens (tertiary/aromatic N) is 3. The zero-order valence-electron chi connectivity index (χ0n) is 9.96. The Morgan fingerprint density at radius 1 is 1.78 bits per heavy atom. The lowest BCUT2D eigenvalue weighted by molar-refractivity contribution is -0.119. The Labute approximate surface area is 108 Å². The summed E-state index contributed by atoms with van der Waals surface area (Å²) in [7, 11) is 1.69. The van der Waals surface area contributed by atoms with Crippen LogP contribution < -0.4 is 11.1 Å². The van der Waals surface area contributed by atoms with Crippen LogP contribution in [0.2, 0.25) is 0 Å². The summed E-state index contributed by atoms with van der Waals surface area (Å²) in [6.45, 7) is 0.